The Hall–Kier alpha value is -1.73. The zero-order valence-corrected chi connectivity index (χ0v) is 8.35. The molecule has 0 fully saturated rings. The average Bonchev–Trinajstić information content (AvgIpc) is 2.59. The van der Waals surface area contributed by atoms with Crippen molar-refractivity contribution in [3.05, 3.63) is 5.82 Å². The highest BCUT2D eigenvalue weighted by atomic mass is 19.3. The number of nitrogens with zero attached hydrogens (tertiary/aromatic N) is 3. The number of alkyl halides is 2. The van der Waals surface area contributed by atoms with E-state index in [1.807, 2.05) is 0 Å². The van der Waals surface area contributed by atoms with Crippen LogP contribution in [0.2, 0.25) is 0 Å². The molecule has 0 unspecified atom stereocenters. The van der Waals surface area contributed by atoms with E-state index in [-0.39, 0.29) is 18.4 Å². The number of rotatable bonds is 2. The van der Waals surface area contributed by atoms with E-state index in [4.69, 9.17) is 0 Å². The summed E-state index contributed by atoms with van der Waals surface area (Å²) in [6.07, 6.45) is -2.44. The van der Waals surface area contributed by atoms with Crippen molar-refractivity contribution in [2.45, 2.75) is 31.9 Å². The second-order valence-corrected chi connectivity index (χ2v) is 3.67. The van der Waals surface area contributed by atoms with Gasteiger partial charge in [0.1, 0.15) is 12.0 Å². The van der Waals surface area contributed by atoms with Crippen LogP contribution in [0.1, 0.15) is 30.0 Å². The van der Waals surface area contributed by atoms with Gasteiger partial charge in [0.05, 0.1) is 0 Å². The van der Waals surface area contributed by atoms with Crippen molar-refractivity contribution >= 4 is 11.9 Å². The highest BCUT2D eigenvalue weighted by Crippen LogP contribution is 2.29. The maximum Gasteiger partial charge on any atom is 0.260 e. The Morgan fingerprint density at radius 3 is 2.94 bits per heavy atom. The summed E-state index contributed by atoms with van der Waals surface area (Å²) in [6, 6.07) is -1.35. The van der Waals surface area contributed by atoms with Gasteiger partial charge in [0, 0.05) is 6.04 Å². The molecule has 2 rings (SSSR count). The molecule has 0 amide bonds. The molecule has 0 bridgehead atoms. The number of aromatic carboxylic acids is 1. The minimum absolute atomic E-state index is 0.0447. The van der Waals surface area contributed by atoms with Gasteiger partial charge in [-0.15, -0.1) is 5.10 Å². The van der Waals surface area contributed by atoms with Crippen LogP contribution in [0.3, 0.4) is 0 Å². The lowest BCUT2D eigenvalue weighted by molar-refractivity contribution is -0.256. The summed E-state index contributed by atoms with van der Waals surface area (Å²) >= 11 is 0. The molecule has 6 nitrogen and oxygen atoms in total. The van der Waals surface area contributed by atoms with Gasteiger partial charge in [0.25, 0.3) is 6.43 Å². The monoisotopic (exact) mass is 231 g/mol. The third kappa shape index (κ3) is 1.70. The van der Waals surface area contributed by atoms with Gasteiger partial charge >= 0.3 is 0 Å². The predicted molar refractivity (Wildman–Crippen MR) is 47.1 cm³/mol. The third-order valence-electron chi connectivity index (χ3n) is 2.39. The van der Waals surface area contributed by atoms with E-state index in [0.29, 0.717) is 0 Å². The van der Waals surface area contributed by atoms with E-state index in [9.17, 15) is 18.7 Å². The summed E-state index contributed by atoms with van der Waals surface area (Å²) < 4.78 is 26.3. The van der Waals surface area contributed by atoms with Crippen molar-refractivity contribution in [1.29, 1.82) is 0 Å². The lowest BCUT2D eigenvalue weighted by atomic mass is 10.1. The lowest BCUT2D eigenvalue weighted by Gasteiger charge is -2.28. The molecule has 1 aliphatic heterocycles. The lowest BCUT2D eigenvalue weighted by Crippen LogP contribution is -2.34. The van der Waals surface area contributed by atoms with Crippen LogP contribution in [-0.4, -0.2) is 33.2 Å². The first-order chi connectivity index (χ1) is 7.49. The van der Waals surface area contributed by atoms with Crippen LogP contribution < -0.4 is 10.4 Å². The standard InChI is InChI=1S/C8H10F2N4O2/c1-3-2-4(5(9)10)14-8(11-3)12-6(13-14)7(15)16/h3-5H,2H2,1H3,(H,15,16)(H,11,12,13)/p-1/t3-,4+/m1/s1. The van der Waals surface area contributed by atoms with Crippen LogP contribution in [0.15, 0.2) is 0 Å². The molecule has 0 saturated carbocycles. The first-order valence-electron chi connectivity index (χ1n) is 4.71. The number of hydrogen-bond acceptors (Lipinski definition) is 5. The number of aromatic nitrogens is 3. The van der Waals surface area contributed by atoms with Crippen LogP contribution in [0.25, 0.3) is 0 Å². The number of hydrogen-bond donors (Lipinski definition) is 1. The highest BCUT2D eigenvalue weighted by molar-refractivity contribution is 5.81. The summed E-state index contributed by atoms with van der Waals surface area (Å²) in [7, 11) is 0. The summed E-state index contributed by atoms with van der Waals surface area (Å²) in [5, 5.41) is 16.8. The van der Waals surface area contributed by atoms with Crippen molar-refractivity contribution in [2.24, 2.45) is 0 Å². The molecule has 0 aromatic carbocycles. The molecule has 2 atom stereocenters. The number of carbonyl (C=O) groups is 1. The SMILES string of the molecule is C[C@@H]1C[C@@H](C(F)F)n2nc(C(=O)[O-])nc2N1. The van der Waals surface area contributed by atoms with Crippen molar-refractivity contribution in [3.63, 3.8) is 0 Å². The van der Waals surface area contributed by atoms with E-state index in [1.54, 1.807) is 6.92 Å². The van der Waals surface area contributed by atoms with Crippen molar-refractivity contribution in [1.82, 2.24) is 14.8 Å². The topological polar surface area (TPSA) is 82.9 Å². The van der Waals surface area contributed by atoms with Gasteiger partial charge in [-0.3, -0.25) is 0 Å². The zero-order chi connectivity index (χ0) is 11.9. The number of carbonyl (C=O) groups excluding carboxylic acids is 1. The summed E-state index contributed by atoms with van der Waals surface area (Å²) in [4.78, 5) is 14.1. The maximum absolute atomic E-state index is 12.7. The van der Waals surface area contributed by atoms with E-state index in [0.717, 1.165) is 4.68 Å². The van der Waals surface area contributed by atoms with Crippen molar-refractivity contribution < 1.29 is 18.7 Å². The molecule has 1 aromatic heterocycles. The summed E-state index contributed by atoms with van der Waals surface area (Å²) in [5.41, 5.74) is 0. The Kier molecular flexibility index (Phi) is 2.49. The van der Waals surface area contributed by atoms with E-state index >= 15 is 0 Å². The molecule has 0 saturated heterocycles. The minimum Gasteiger partial charge on any atom is -0.541 e. The maximum atomic E-state index is 12.7. The van der Waals surface area contributed by atoms with Crippen LogP contribution in [0, 0.1) is 0 Å². The Labute approximate surface area is 89.3 Å². The zero-order valence-electron chi connectivity index (χ0n) is 8.35. The largest absolute Gasteiger partial charge is 0.541 e. The fraction of sp³-hybridized carbons (Fsp3) is 0.625. The molecular formula is C8H9F2N4O2-. The number of carboxylic acid groups (broad SMARTS) is 1. The fourth-order valence-corrected chi connectivity index (χ4v) is 1.69. The average molecular weight is 231 g/mol. The Morgan fingerprint density at radius 1 is 1.69 bits per heavy atom. The van der Waals surface area contributed by atoms with Gasteiger partial charge in [0.15, 0.2) is 5.82 Å². The van der Waals surface area contributed by atoms with E-state index in [1.165, 1.54) is 0 Å². The highest BCUT2D eigenvalue weighted by Gasteiger charge is 2.33. The van der Waals surface area contributed by atoms with Crippen LogP contribution in [0.4, 0.5) is 14.7 Å². The molecule has 1 N–H and O–H groups in total. The van der Waals surface area contributed by atoms with Gasteiger partial charge < -0.3 is 15.2 Å². The molecule has 2 heterocycles. The smallest absolute Gasteiger partial charge is 0.260 e. The Morgan fingerprint density at radius 2 is 2.38 bits per heavy atom. The minimum atomic E-state index is -2.61. The van der Waals surface area contributed by atoms with Gasteiger partial charge in [0.2, 0.25) is 5.95 Å². The molecule has 0 spiro atoms. The second kappa shape index (κ2) is 3.69. The molecule has 88 valence electrons. The number of halogens is 2. The van der Waals surface area contributed by atoms with Gasteiger partial charge in [-0.1, -0.05) is 0 Å². The number of fused-ring (bicyclic) bond motifs is 1. The van der Waals surface area contributed by atoms with E-state index < -0.39 is 24.3 Å². The van der Waals surface area contributed by atoms with E-state index in [2.05, 4.69) is 15.4 Å². The molecule has 16 heavy (non-hydrogen) atoms. The first kappa shape index (κ1) is 10.8. The van der Waals surface area contributed by atoms with Crippen LogP contribution in [0.5, 0.6) is 0 Å². The van der Waals surface area contributed by atoms with Gasteiger partial charge in [-0.25, -0.2) is 13.5 Å². The second-order valence-electron chi connectivity index (χ2n) is 3.67. The molecule has 0 aliphatic carbocycles. The first-order valence-corrected chi connectivity index (χ1v) is 4.71. The third-order valence-corrected chi connectivity index (χ3v) is 2.39. The number of anilines is 1. The molecule has 8 heteroatoms. The molecular weight excluding hydrogens is 222 g/mol. The Balaban J connectivity index is 2.41. The molecule has 1 aliphatic rings. The predicted octanol–water partition coefficient (Wildman–Crippen LogP) is -0.348. The number of nitrogens with one attached hydrogen (secondary N) is 1. The quantitative estimate of drug-likeness (QED) is 0.752. The fourth-order valence-electron chi connectivity index (χ4n) is 1.69. The summed E-state index contributed by atoms with van der Waals surface area (Å²) in [5.74, 6) is -2.12. The van der Waals surface area contributed by atoms with Crippen LogP contribution in [-0.2, 0) is 0 Å². The normalized spacial score (nSPS) is 24.0. The van der Waals surface area contributed by atoms with Gasteiger partial charge in [-0.2, -0.15) is 4.98 Å². The number of carboxylic acids is 1. The van der Waals surface area contributed by atoms with Crippen molar-refractivity contribution in [3.8, 4) is 0 Å². The summed E-state index contributed by atoms with van der Waals surface area (Å²) in [6.45, 7) is 1.71. The molecule has 0 radical (unpaired) electrons. The van der Waals surface area contributed by atoms with Gasteiger partial charge in [-0.05, 0) is 13.3 Å². The van der Waals surface area contributed by atoms with Crippen molar-refractivity contribution in [2.75, 3.05) is 5.32 Å². The Bertz CT molecular complexity index is 420. The molecule has 1 aromatic rings. The van der Waals surface area contributed by atoms with Crippen LogP contribution >= 0.6 is 0 Å².